The van der Waals surface area contributed by atoms with Crippen LogP contribution >= 0.6 is 11.6 Å². The van der Waals surface area contributed by atoms with Crippen molar-refractivity contribution in [3.8, 4) is 0 Å². The van der Waals surface area contributed by atoms with Gasteiger partial charge in [0.25, 0.3) is 5.91 Å². The van der Waals surface area contributed by atoms with E-state index in [2.05, 4.69) is 24.1 Å². The van der Waals surface area contributed by atoms with E-state index in [4.69, 9.17) is 11.6 Å². The van der Waals surface area contributed by atoms with Gasteiger partial charge in [-0.15, -0.1) is 0 Å². The molecule has 2 aromatic rings. The van der Waals surface area contributed by atoms with Gasteiger partial charge >= 0.3 is 0 Å². The third-order valence-corrected chi connectivity index (χ3v) is 5.86. The molecule has 1 fully saturated rings. The van der Waals surface area contributed by atoms with Gasteiger partial charge in [-0.3, -0.25) is 9.59 Å². The van der Waals surface area contributed by atoms with Crippen molar-refractivity contribution in [3.05, 3.63) is 59.1 Å². The van der Waals surface area contributed by atoms with Crippen molar-refractivity contribution in [2.75, 3.05) is 36.4 Å². The molecule has 2 aromatic carbocycles. The van der Waals surface area contributed by atoms with Crippen LogP contribution < -0.4 is 10.2 Å². The van der Waals surface area contributed by atoms with Crippen LogP contribution in [0.1, 0.15) is 37.0 Å². The van der Waals surface area contributed by atoms with Crippen molar-refractivity contribution >= 4 is 34.8 Å². The average molecular weight is 414 g/mol. The van der Waals surface area contributed by atoms with Crippen molar-refractivity contribution in [1.29, 1.82) is 0 Å². The second-order valence-corrected chi connectivity index (χ2v) is 7.71. The number of carbonyl (C=O) groups excluding carboxylic acids is 2. The summed E-state index contributed by atoms with van der Waals surface area (Å²) in [5, 5.41) is 3.31. The number of benzene rings is 2. The number of hydrogen-bond donors (Lipinski definition) is 1. The van der Waals surface area contributed by atoms with E-state index in [0.29, 0.717) is 10.6 Å². The second-order valence-electron chi connectivity index (χ2n) is 7.31. The van der Waals surface area contributed by atoms with Gasteiger partial charge in [0.05, 0.1) is 10.6 Å². The summed E-state index contributed by atoms with van der Waals surface area (Å²) in [6.45, 7) is 7.29. The largest absolute Gasteiger partial charge is 0.368 e. The summed E-state index contributed by atoms with van der Waals surface area (Å²) in [4.78, 5) is 29.2. The smallest absolute Gasteiger partial charge is 0.257 e. The molecule has 0 saturated carbocycles. The van der Waals surface area contributed by atoms with Gasteiger partial charge < -0.3 is 15.1 Å². The van der Waals surface area contributed by atoms with Gasteiger partial charge in [-0.2, -0.15) is 0 Å². The van der Waals surface area contributed by atoms with Gasteiger partial charge in [-0.05, 0) is 49.2 Å². The third kappa shape index (κ3) is 5.10. The molecule has 0 aromatic heterocycles. The summed E-state index contributed by atoms with van der Waals surface area (Å²) in [7, 11) is 0. The van der Waals surface area contributed by atoms with Gasteiger partial charge in [0, 0.05) is 43.5 Å². The maximum atomic E-state index is 12.5. The van der Waals surface area contributed by atoms with E-state index in [1.54, 1.807) is 24.3 Å². The Morgan fingerprint density at radius 1 is 0.966 bits per heavy atom. The summed E-state index contributed by atoms with van der Waals surface area (Å²) >= 11 is 6.09. The van der Waals surface area contributed by atoms with Gasteiger partial charge in [0.2, 0.25) is 5.91 Å². The zero-order valence-corrected chi connectivity index (χ0v) is 17.8. The minimum atomic E-state index is -0.225. The maximum absolute atomic E-state index is 12.5. The predicted octanol–water partition coefficient (Wildman–Crippen LogP) is 4.68. The average Bonchev–Trinajstić information content (AvgIpc) is 2.75. The Labute approximate surface area is 177 Å². The lowest BCUT2D eigenvalue weighted by Gasteiger charge is -2.37. The van der Waals surface area contributed by atoms with E-state index < -0.39 is 0 Å². The number of amides is 2. The highest BCUT2D eigenvalue weighted by Gasteiger charge is 2.25. The Hall–Kier alpha value is -2.53. The minimum absolute atomic E-state index is 0.141. The maximum Gasteiger partial charge on any atom is 0.257 e. The van der Waals surface area contributed by atoms with Crippen molar-refractivity contribution in [1.82, 2.24) is 4.90 Å². The molecule has 0 atom stereocenters. The number of nitrogens with one attached hydrogen (secondary N) is 1. The van der Waals surface area contributed by atoms with Crippen molar-refractivity contribution in [3.63, 3.8) is 0 Å². The Kier molecular flexibility index (Phi) is 7.15. The SMILES string of the molecule is CCC(CC)C(=O)N1CCN(c2ccc(NC(=O)c3ccccc3Cl)cc2)CC1. The first-order valence-corrected chi connectivity index (χ1v) is 10.6. The van der Waals surface area contributed by atoms with Crippen LogP contribution in [0.4, 0.5) is 11.4 Å². The lowest BCUT2D eigenvalue weighted by atomic mass is 10.0. The van der Waals surface area contributed by atoms with E-state index in [-0.39, 0.29) is 17.7 Å². The monoisotopic (exact) mass is 413 g/mol. The van der Waals surface area contributed by atoms with Crippen molar-refractivity contribution in [2.45, 2.75) is 26.7 Å². The number of hydrogen-bond acceptors (Lipinski definition) is 3. The van der Waals surface area contributed by atoms with Crippen LogP contribution in [0.5, 0.6) is 0 Å². The molecule has 1 aliphatic rings. The molecule has 0 aliphatic carbocycles. The number of nitrogens with zero attached hydrogens (tertiary/aromatic N) is 2. The molecular formula is C23H28ClN3O2. The molecule has 0 unspecified atom stereocenters. The van der Waals surface area contributed by atoms with Crippen LogP contribution in [0.25, 0.3) is 0 Å². The number of carbonyl (C=O) groups is 2. The summed E-state index contributed by atoms with van der Waals surface area (Å²) < 4.78 is 0. The number of anilines is 2. The summed E-state index contributed by atoms with van der Waals surface area (Å²) in [6.07, 6.45) is 1.80. The lowest BCUT2D eigenvalue weighted by Crippen LogP contribution is -2.50. The van der Waals surface area contributed by atoms with Gasteiger partial charge in [-0.25, -0.2) is 0 Å². The predicted molar refractivity (Wildman–Crippen MR) is 119 cm³/mol. The van der Waals surface area contributed by atoms with Gasteiger partial charge in [-0.1, -0.05) is 37.6 Å². The topological polar surface area (TPSA) is 52.7 Å². The summed E-state index contributed by atoms with van der Waals surface area (Å²) in [5.74, 6) is 0.201. The quantitative estimate of drug-likeness (QED) is 0.748. The Morgan fingerprint density at radius 3 is 2.17 bits per heavy atom. The molecule has 1 heterocycles. The molecule has 3 rings (SSSR count). The first-order chi connectivity index (χ1) is 14.0. The van der Waals surface area contributed by atoms with E-state index in [9.17, 15) is 9.59 Å². The molecule has 1 aliphatic heterocycles. The lowest BCUT2D eigenvalue weighted by molar-refractivity contribution is -0.136. The molecule has 0 spiro atoms. The highest BCUT2D eigenvalue weighted by molar-refractivity contribution is 6.34. The first-order valence-electron chi connectivity index (χ1n) is 10.2. The fourth-order valence-corrected chi connectivity index (χ4v) is 3.90. The highest BCUT2D eigenvalue weighted by Crippen LogP contribution is 2.22. The molecule has 1 N–H and O–H groups in total. The molecule has 6 heteroatoms. The number of rotatable bonds is 6. The first kappa shape index (κ1) is 21.2. The van der Waals surface area contributed by atoms with E-state index in [1.165, 1.54) is 0 Å². The third-order valence-electron chi connectivity index (χ3n) is 5.53. The molecule has 5 nitrogen and oxygen atoms in total. The molecule has 2 amide bonds. The minimum Gasteiger partial charge on any atom is -0.368 e. The Morgan fingerprint density at radius 2 is 1.59 bits per heavy atom. The molecule has 154 valence electrons. The number of halogens is 1. The molecule has 29 heavy (non-hydrogen) atoms. The molecule has 0 bridgehead atoms. The van der Waals surface area contributed by atoms with Crippen LogP contribution in [0.2, 0.25) is 5.02 Å². The molecule has 0 radical (unpaired) electrons. The normalized spacial score (nSPS) is 14.2. The van der Waals surface area contributed by atoms with Crippen LogP contribution in [-0.2, 0) is 4.79 Å². The van der Waals surface area contributed by atoms with E-state index >= 15 is 0 Å². The highest BCUT2D eigenvalue weighted by atomic mass is 35.5. The van der Waals surface area contributed by atoms with Crippen LogP contribution in [0.15, 0.2) is 48.5 Å². The van der Waals surface area contributed by atoms with Gasteiger partial charge in [0.1, 0.15) is 0 Å². The fourth-order valence-electron chi connectivity index (χ4n) is 3.68. The molecular weight excluding hydrogens is 386 g/mol. The summed E-state index contributed by atoms with van der Waals surface area (Å²) in [5.41, 5.74) is 2.27. The number of piperazine rings is 1. The van der Waals surface area contributed by atoms with Gasteiger partial charge in [0.15, 0.2) is 0 Å². The van der Waals surface area contributed by atoms with E-state index in [1.807, 2.05) is 29.2 Å². The second kappa shape index (κ2) is 9.79. The standard InChI is InChI=1S/C23H28ClN3O2/c1-3-17(4-2)23(29)27-15-13-26(14-16-27)19-11-9-18(10-12-19)25-22(28)20-7-5-6-8-21(20)24/h5-12,17H,3-4,13-16H2,1-2H3,(H,25,28). The Balaban J connectivity index is 1.57. The van der Waals surface area contributed by atoms with Crippen LogP contribution in [-0.4, -0.2) is 42.9 Å². The zero-order valence-electron chi connectivity index (χ0n) is 17.0. The molecule has 1 saturated heterocycles. The van der Waals surface area contributed by atoms with Crippen molar-refractivity contribution in [2.24, 2.45) is 5.92 Å². The van der Waals surface area contributed by atoms with Crippen LogP contribution in [0, 0.1) is 5.92 Å². The van der Waals surface area contributed by atoms with Crippen molar-refractivity contribution < 1.29 is 9.59 Å². The van der Waals surface area contributed by atoms with E-state index in [0.717, 1.165) is 50.4 Å². The fraction of sp³-hybridized carbons (Fsp3) is 0.391. The van der Waals surface area contributed by atoms with Crippen LogP contribution in [0.3, 0.4) is 0 Å². The summed E-state index contributed by atoms with van der Waals surface area (Å²) in [6, 6.07) is 14.8. The Bertz CT molecular complexity index is 841. The zero-order chi connectivity index (χ0) is 20.8.